The first kappa shape index (κ1) is 24.5. The van der Waals surface area contributed by atoms with Crippen LogP contribution in [0, 0.1) is 0 Å². The van der Waals surface area contributed by atoms with E-state index in [1.807, 2.05) is 6.92 Å². The minimum Gasteiger partial charge on any atom is -0.292 e. The van der Waals surface area contributed by atoms with Crippen molar-refractivity contribution in [3.8, 4) is 0 Å². The second-order valence-corrected chi connectivity index (χ2v) is 7.84. The maximum atomic E-state index is 13.6. The van der Waals surface area contributed by atoms with E-state index < -0.39 is 18.0 Å². The number of hydrogen-bond acceptors (Lipinski definition) is 2. The molecule has 1 amide bonds. The Labute approximate surface area is 192 Å². The molecular weight excluding hydrogens is 480 g/mol. The summed E-state index contributed by atoms with van der Waals surface area (Å²) in [5, 5.41) is -0.128. The lowest BCUT2D eigenvalue weighted by molar-refractivity contribution is -0.139. The van der Waals surface area contributed by atoms with Crippen molar-refractivity contribution in [1.82, 2.24) is 10.9 Å². The van der Waals surface area contributed by atoms with Crippen molar-refractivity contribution in [1.29, 1.82) is 0 Å². The Hall–Kier alpha value is -1.80. The van der Waals surface area contributed by atoms with Crippen LogP contribution in [0.2, 0.25) is 15.1 Å². The molecule has 0 aliphatic carbocycles. The van der Waals surface area contributed by atoms with E-state index in [2.05, 4.69) is 10.9 Å². The highest BCUT2D eigenvalue weighted by atomic mass is 35.5. The molecule has 30 heavy (non-hydrogen) atoms. The molecule has 0 radical (unpaired) electrons. The van der Waals surface area contributed by atoms with Crippen LogP contribution in [-0.4, -0.2) is 17.1 Å². The first-order valence-corrected chi connectivity index (χ1v) is 10.2. The minimum absolute atomic E-state index is 0.00459. The number of thiocarbonyl (C=S) groups is 1. The Kier molecular flexibility index (Phi) is 8.55. The first-order chi connectivity index (χ1) is 14.0. The number of hydrazine groups is 1. The van der Waals surface area contributed by atoms with Gasteiger partial charge >= 0.3 is 6.18 Å². The van der Waals surface area contributed by atoms with Crippen molar-refractivity contribution in [2.24, 2.45) is 0 Å². The highest BCUT2D eigenvalue weighted by Crippen LogP contribution is 2.41. The van der Waals surface area contributed by atoms with Crippen LogP contribution in [0.3, 0.4) is 0 Å². The molecule has 0 saturated carbocycles. The summed E-state index contributed by atoms with van der Waals surface area (Å²) < 4.78 is 40.7. The predicted molar refractivity (Wildman–Crippen MR) is 119 cm³/mol. The van der Waals surface area contributed by atoms with E-state index in [4.69, 9.17) is 47.0 Å². The number of carbonyl (C=O) groups is 1. The third kappa shape index (κ3) is 6.60. The van der Waals surface area contributed by atoms with Gasteiger partial charge in [0.05, 0.1) is 26.0 Å². The van der Waals surface area contributed by atoms with E-state index in [1.165, 1.54) is 30.3 Å². The fraction of sp³-hybridized carbons (Fsp3) is 0.200. The third-order valence-corrected chi connectivity index (χ3v) is 5.60. The molecule has 160 valence electrons. The summed E-state index contributed by atoms with van der Waals surface area (Å²) in [5.41, 5.74) is 5.70. The van der Waals surface area contributed by atoms with Crippen molar-refractivity contribution in [3.63, 3.8) is 0 Å². The van der Waals surface area contributed by atoms with E-state index in [-0.39, 0.29) is 20.6 Å². The molecule has 10 heteroatoms. The standard InChI is InChI=1S/C20H16Cl3F3N2OS/c1-2-17(30)27-28-19(29)12-6-3-11(4-7-12)5-8-14(20(24,25)26)13-9-15(21)18(23)16(22)10-13/h3-10,14H,2H2,1H3,(H,27,30)(H,28,29)/b8-5+. The number of amides is 1. The largest absolute Gasteiger partial charge is 0.399 e. The number of halogens is 6. The number of carbonyl (C=O) groups excluding carboxylic acids is 1. The summed E-state index contributed by atoms with van der Waals surface area (Å²) in [6.45, 7) is 1.84. The summed E-state index contributed by atoms with van der Waals surface area (Å²) >= 11 is 22.5. The smallest absolute Gasteiger partial charge is 0.292 e. The van der Waals surface area contributed by atoms with Gasteiger partial charge in [0, 0.05) is 5.56 Å². The van der Waals surface area contributed by atoms with Crippen molar-refractivity contribution in [3.05, 3.63) is 74.2 Å². The first-order valence-electron chi connectivity index (χ1n) is 8.61. The molecule has 0 bridgehead atoms. The van der Waals surface area contributed by atoms with Crippen LogP contribution >= 0.6 is 47.0 Å². The molecule has 0 saturated heterocycles. The third-order valence-electron chi connectivity index (χ3n) is 4.01. The maximum absolute atomic E-state index is 13.6. The second-order valence-electron chi connectivity index (χ2n) is 6.15. The van der Waals surface area contributed by atoms with E-state index in [9.17, 15) is 18.0 Å². The van der Waals surface area contributed by atoms with E-state index in [0.717, 1.165) is 18.2 Å². The molecule has 2 aromatic carbocycles. The van der Waals surface area contributed by atoms with E-state index >= 15 is 0 Å². The van der Waals surface area contributed by atoms with Crippen molar-refractivity contribution >= 4 is 64.0 Å². The van der Waals surface area contributed by atoms with Crippen molar-refractivity contribution in [2.45, 2.75) is 25.4 Å². The zero-order chi connectivity index (χ0) is 22.5. The van der Waals surface area contributed by atoms with Crippen LogP contribution in [0.4, 0.5) is 13.2 Å². The molecule has 3 nitrogen and oxygen atoms in total. The normalized spacial score (nSPS) is 12.6. The van der Waals surface area contributed by atoms with Gasteiger partial charge in [0.15, 0.2) is 0 Å². The molecule has 1 atom stereocenters. The van der Waals surface area contributed by atoms with Crippen molar-refractivity contribution < 1.29 is 18.0 Å². The summed E-state index contributed by atoms with van der Waals surface area (Å²) in [4.78, 5) is 12.5. The number of benzene rings is 2. The molecule has 0 fully saturated rings. The van der Waals surface area contributed by atoms with Crippen LogP contribution in [0.5, 0.6) is 0 Å². The summed E-state index contributed by atoms with van der Waals surface area (Å²) in [6.07, 6.45) is -1.70. The molecule has 2 rings (SSSR count). The van der Waals surface area contributed by atoms with Crippen LogP contribution in [-0.2, 0) is 0 Å². The monoisotopic (exact) mass is 494 g/mol. The number of allylic oxidation sites excluding steroid dienone is 1. The molecule has 0 aliphatic rings. The Morgan fingerprint density at radius 2 is 1.67 bits per heavy atom. The van der Waals surface area contributed by atoms with Gasteiger partial charge in [-0.1, -0.05) is 78.2 Å². The van der Waals surface area contributed by atoms with Gasteiger partial charge in [0.2, 0.25) is 0 Å². The van der Waals surface area contributed by atoms with Gasteiger partial charge in [-0.25, -0.2) is 0 Å². The molecule has 0 aromatic heterocycles. The van der Waals surface area contributed by atoms with Crippen molar-refractivity contribution in [2.75, 3.05) is 0 Å². The molecule has 0 heterocycles. The summed E-state index contributed by atoms with van der Waals surface area (Å²) in [6, 6.07) is 8.31. The van der Waals surface area contributed by atoms with Crippen LogP contribution in [0.25, 0.3) is 6.08 Å². The zero-order valence-corrected chi connectivity index (χ0v) is 18.6. The van der Waals surface area contributed by atoms with Crippen LogP contribution in [0.1, 0.15) is 40.7 Å². The van der Waals surface area contributed by atoms with Gasteiger partial charge in [-0.15, -0.1) is 0 Å². The van der Waals surface area contributed by atoms with E-state index in [1.54, 1.807) is 0 Å². The molecule has 2 aromatic rings. The lowest BCUT2D eigenvalue weighted by atomic mass is 9.97. The fourth-order valence-corrected chi connectivity index (χ4v) is 3.07. The second kappa shape index (κ2) is 10.5. The molecule has 0 aliphatic heterocycles. The van der Waals surface area contributed by atoms with Gasteiger partial charge in [-0.3, -0.25) is 15.6 Å². The van der Waals surface area contributed by atoms with Gasteiger partial charge in [0.1, 0.15) is 0 Å². The average molecular weight is 496 g/mol. The van der Waals surface area contributed by atoms with Gasteiger partial charge < -0.3 is 0 Å². The topological polar surface area (TPSA) is 41.1 Å². The summed E-state index contributed by atoms with van der Waals surface area (Å²) in [5.74, 6) is -2.35. The molecule has 0 spiro atoms. The zero-order valence-electron chi connectivity index (χ0n) is 15.5. The Morgan fingerprint density at radius 3 is 2.17 bits per heavy atom. The fourth-order valence-electron chi connectivity index (χ4n) is 2.40. The number of rotatable bonds is 5. The number of alkyl halides is 3. The number of hydrogen-bond donors (Lipinski definition) is 2. The van der Waals surface area contributed by atoms with Gasteiger partial charge in [0.25, 0.3) is 5.91 Å². The number of nitrogens with one attached hydrogen (secondary N) is 2. The summed E-state index contributed by atoms with van der Waals surface area (Å²) in [7, 11) is 0. The SMILES string of the molecule is CCC(=S)NNC(=O)c1ccc(/C=C/C(c2cc(Cl)c(Cl)c(Cl)c2)C(F)(F)F)cc1. The Balaban J connectivity index is 2.20. The van der Waals surface area contributed by atoms with Crippen LogP contribution in [0.15, 0.2) is 42.5 Å². The van der Waals surface area contributed by atoms with Gasteiger partial charge in [-0.2, -0.15) is 13.2 Å². The average Bonchev–Trinajstić information content (AvgIpc) is 2.69. The highest BCUT2D eigenvalue weighted by Gasteiger charge is 2.39. The minimum atomic E-state index is -4.57. The maximum Gasteiger partial charge on any atom is 0.399 e. The quantitative estimate of drug-likeness (QED) is 0.267. The highest BCUT2D eigenvalue weighted by molar-refractivity contribution is 7.80. The Morgan fingerprint density at radius 1 is 1.10 bits per heavy atom. The lowest BCUT2D eigenvalue weighted by Gasteiger charge is -2.18. The predicted octanol–water partition coefficient (Wildman–Crippen LogP) is 6.98. The van der Waals surface area contributed by atoms with Gasteiger partial charge in [-0.05, 0) is 41.8 Å². The lowest BCUT2D eigenvalue weighted by Crippen LogP contribution is -2.40. The van der Waals surface area contributed by atoms with Crippen LogP contribution < -0.4 is 10.9 Å². The molecule has 1 unspecified atom stereocenters. The molecular formula is C20H16Cl3F3N2OS. The van der Waals surface area contributed by atoms with E-state index in [0.29, 0.717) is 22.5 Å². The Bertz CT molecular complexity index is 940. The molecule has 2 N–H and O–H groups in total.